The van der Waals surface area contributed by atoms with Crippen LogP contribution >= 0.6 is 0 Å². The third-order valence-electron chi connectivity index (χ3n) is 2.81. The van der Waals surface area contributed by atoms with Gasteiger partial charge in [0.15, 0.2) is 0 Å². The van der Waals surface area contributed by atoms with Gasteiger partial charge in [0.1, 0.15) is 12.2 Å². The van der Waals surface area contributed by atoms with Gasteiger partial charge in [0.05, 0.1) is 12.2 Å². The zero-order valence-corrected chi connectivity index (χ0v) is 11.8. The molecule has 0 saturated carbocycles. The maximum atomic E-state index is 10.9. The largest absolute Gasteiger partial charge is 0.442 e. The molecule has 3 atom stereocenters. The number of carbonyl (C=O) groups excluding carboxylic acids is 2. The average Bonchev–Trinajstić information content (AvgIpc) is 2.27. The average molecular weight is 286 g/mol. The third-order valence-corrected chi connectivity index (χ3v) is 2.81. The first kappa shape index (κ1) is 16.3. The van der Waals surface area contributed by atoms with Crippen LogP contribution in [-0.2, 0) is 14.2 Å². The lowest BCUT2D eigenvalue weighted by Gasteiger charge is -2.27. The van der Waals surface area contributed by atoms with Crippen LogP contribution in [0.3, 0.4) is 0 Å². The zero-order chi connectivity index (χ0) is 15.1. The van der Waals surface area contributed by atoms with Crippen molar-refractivity contribution in [1.82, 2.24) is 0 Å². The van der Waals surface area contributed by atoms with Crippen molar-refractivity contribution in [2.45, 2.75) is 57.5 Å². The Labute approximate surface area is 118 Å². The first-order valence-electron chi connectivity index (χ1n) is 6.62. The van der Waals surface area contributed by atoms with Gasteiger partial charge < -0.3 is 25.7 Å². The van der Waals surface area contributed by atoms with Crippen molar-refractivity contribution in [1.29, 1.82) is 0 Å². The van der Waals surface area contributed by atoms with Gasteiger partial charge in [-0.2, -0.15) is 0 Å². The van der Waals surface area contributed by atoms with Crippen molar-refractivity contribution >= 4 is 12.2 Å². The molecule has 1 aliphatic rings. The van der Waals surface area contributed by atoms with Gasteiger partial charge in [-0.25, -0.2) is 9.59 Å². The zero-order valence-electron chi connectivity index (χ0n) is 11.8. The van der Waals surface area contributed by atoms with Crippen LogP contribution in [-0.4, -0.2) is 36.6 Å². The van der Waals surface area contributed by atoms with Crippen LogP contribution < -0.4 is 11.5 Å². The van der Waals surface area contributed by atoms with E-state index in [2.05, 4.69) is 0 Å². The van der Waals surface area contributed by atoms with Gasteiger partial charge in [0.2, 0.25) is 0 Å². The molecular weight excluding hydrogens is 264 g/mol. The SMILES string of the molecule is CC(C)OC1CCC(OC(N)=O)C=CC(OC(N)=O)C1. The molecular formula is C13H22N2O5. The second-order valence-corrected chi connectivity index (χ2v) is 4.96. The highest BCUT2D eigenvalue weighted by Gasteiger charge is 2.24. The Bertz CT molecular complexity index is 370. The molecule has 0 aromatic rings. The molecule has 1 rings (SSSR count). The van der Waals surface area contributed by atoms with Crippen LogP contribution in [0.5, 0.6) is 0 Å². The Morgan fingerprint density at radius 2 is 1.60 bits per heavy atom. The van der Waals surface area contributed by atoms with Crippen molar-refractivity contribution in [3.8, 4) is 0 Å². The molecule has 0 bridgehead atoms. The standard InChI is InChI=1S/C13H22N2O5/c1-8(2)18-10-5-3-9(19-12(14)16)4-6-11(7-10)20-13(15)17/h4,6,8-11H,3,5,7H2,1-2H3,(H2,14,16)(H2,15,17). The molecule has 0 spiro atoms. The minimum atomic E-state index is -0.851. The first-order chi connectivity index (χ1) is 9.36. The predicted octanol–water partition coefficient (Wildman–Crippen LogP) is 1.45. The predicted molar refractivity (Wildman–Crippen MR) is 71.9 cm³/mol. The summed E-state index contributed by atoms with van der Waals surface area (Å²) in [6.07, 6.45) is 2.37. The summed E-state index contributed by atoms with van der Waals surface area (Å²) >= 11 is 0. The number of rotatable bonds is 4. The normalized spacial score (nSPS) is 26.6. The van der Waals surface area contributed by atoms with E-state index in [0.717, 1.165) is 0 Å². The van der Waals surface area contributed by atoms with Gasteiger partial charge in [-0.15, -0.1) is 0 Å². The van der Waals surface area contributed by atoms with E-state index in [-0.39, 0.29) is 12.2 Å². The molecule has 114 valence electrons. The molecule has 1 aliphatic carbocycles. The van der Waals surface area contributed by atoms with Crippen molar-refractivity contribution in [3.63, 3.8) is 0 Å². The second-order valence-electron chi connectivity index (χ2n) is 4.96. The number of hydrogen-bond acceptors (Lipinski definition) is 5. The van der Waals surface area contributed by atoms with Crippen LogP contribution in [0.4, 0.5) is 9.59 Å². The third kappa shape index (κ3) is 6.42. The Morgan fingerprint density at radius 3 is 2.15 bits per heavy atom. The van der Waals surface area contributed by atoms with E-state index in [1.165, 1.54) is 0 Å². The summed E-state index contributed by atoms with van der Waals surface area (Å²) < 4.78 is 15.7. The molecule has 7 nitrogen and oxygen atoms in total. The smallest absolute Gasteiger partial charge is 0.405 e. The van der Waals surface area contributed by atoms with E-state index in [0.29, 0.717) is 19.3 Å². The Balaban J connectivity index is 2.74. The lowest BCUT2D eigenvalue weighted by atomic mass is 9.99. The number of primary amides is 2. The van der Waals surface area contributed by atoms with Crippen molar-refractivity contribution in [2.75, 3.05) is 0 Å². The number of hydrogen-bond donors (Lipinski definition) is 2. The number of nitrogens with two attached hydrogens (primary N) is 2. The molecule has 0 radical (unpaired) electrons. The van der Waals surface area contributed by atoms with Gasteiger partial charge in [-0.1, -0.05) is 0 Å². The number of carbonyl (C=O) groups is 2. The quantitative estimate of drug-likeness (QED) is 0.759. The molecule has 3 unspecified atom stereocenters. The summed E-state index contributed by atoms with van der Waals surface area (Å²) in [4.78, 5) is 21.7. The maximum absolute atomic E-state index is 10.9. The number of ether oxygens (including phenoxy) is 3. The van der Waals surface area contributed by atoms with Gasteiger partial charge in [0, 0.05) is 6.42 Å². The van der Waals surface area contributed by atoms with Crippen molar-refractivity contribution in [3.05, 3.63) is 12.2 Å². The maximum Gasteiger partial charge on any atom is 0.405 e. The lowest BCUT2D eigenvalue weighted by molar-refractivity contribution is -0.0267. The fourth-order valence-corrected chi connectivity index (χ4v) is 2.14. The minimum absolute atomic E-state index is 0.0492. The molecule has 20 heavy (non-hydrogen) atoms. The van der Waals surface area contributed by atoms with Crippen LogP contribution in [0, 0.1) is 0 Å². The van der Waals surface area contributed by atoms with Gasteiger partial charge in [-0.05, 0) is 38.8 Å². The highest BCUT2D eigenvalue weighted by Crippen LogP contribution is 2.21. The topological polar surface area (TPSA) is 114 Å². The van der Waals surface area contributed by atoms with Crippen LogP contribution in [0.25, 0.3) is 0 Å². The van der Waals surface area contributed by atoms with Crippen molar-refractivity contribution < 1.29 is 23.8 Å². The molecule has 4 N–H and O–H groups in total. The molecule has 0 fully saturated rings. The molecule has 2 amide bonds. The van der Waals surface area contributed by atoms with Gasteiger partial charge in [0.25, 0.3) is 0 Å². The summed E-state index contributed by atoms with van der Waals surface area (Å²) in [5, 5.41) is 0. The second kappa shape index (κ2) is 7.74. The Morgan fingerprint density at radius 1 is 1.05 bits per heavy atom. The molecule has 0 aromatic heterocycles. The summed E-state index contributed by atoms with van der Waals surface area (Å²) in [7, 11) is 0. The van der Waals surface area contributed by atoms with E-state index in [1.807, 2.05) is 13.8 Å². The summed E-state index contributed by atoms with van der Waals surface area (Å²) in [5.74, 6) is 0. The van der Waals surface area contributed by atoms with E-state index in [1.54, 1.807) is 12.2 Å². The number of amides is 2. The van der Waals surface area contributed by atoms with E-state index >= 15 is 0 Å². The van der Waals surface area contributed by atoms with E-state index in [9.17, 15) is 9.59 Å². The van der Waals surface area contributed by atoms with Crippen LogP contribution in [0.1, 0.15) is 33.1 Å². The van der Waals surface area contributed by atoms with E-state index in [4.69, 9.17) is 25.7 Å². The summed E-state index contributed by atoms with van der Waals surface area (Å²) in [6.45, 7) is 3.85. The van der Waals surface area contributed by atoms with Crippen LogP contribution in [0.2, 0.25) is 0 Å². The Hall–Kier alpha value is -1.76. The van der Waals surface area contributed by atoms with E-state index < -0.39 is 24.4 Å². The molecule has 0 aliphatic heterocycles. The molecule has 7 heteroatoms. The van der Waals surface area contributed by atoms with Crippen LogP contribution in [0.15, 0.2) is 12.2 Å². The Kier molecular flexibility index (Phi) is 6.30. The first-order valence-corrected chi connectivity index (χ1v) is 6.62. The van der Waals surface area contributed by atoms with Crippen molar-refractivity contribution in [2.24, 2.45) is 11.5 Å². The van der Waals surface area contributed by atoms with Gasteiger partial charge in [-0.3, -0.25) is 0 Å². The lowest BCUT2D eigenvalue weighted by Crippen LogP contribution is -2.32. The fourth-order valence-electron chi connectivity index (χ4n) is 2.14. The minimum Gasteiger partial charge on any atom is -0.442 e. The van der Waals surface area contributed by atoms with Gasteiger partial charge >= 0.3 is 12.2 Å². The summed E-state index contributed by atoms with van der Waals surface area (Å²) in [6, 6.07) is 0. The molecule has 0 saturated heterocycles. The fraction of sp³-hybridized carbons (Fsp3) is 0.692. The monoisotopic (exact) mass is 286 g/mol. The molecule has 0 aromatic carbocycles. The highest BCUT2D eigenvalue weighted by molar-refractivity contribution is 5.65. The summed E-state index contributed by atoms with van der Waals surface area (Å²) in [5.41, 5.74) is 10.0. The highest BCUT2D eigenvalue weighted by atomic mass is 16.6. The molecule has 0 heterocycles.